The average Bonchev–Trinajstić information content (AvgIpc) is 2.15. The monoisotopic (exact) mass is 187 g/mol. The van der Waals surface area contributed by atoms with Crippen molar-refractivity contribution in [1.29, 1.82) is 0 Å². The minimum absolute atomic E-state index is 0.130. The minimum Gasteiger partial charge on any atom is -0.477 e. The number of nitrogens with zero attached hydrogens (tertiary/aromatic N) is 1. The van der Waals surface area contributed by atoms with Gasteiger partial charge in [-0.15, -0.1) is 0 Å². The van der Waals surface area contributed by atoms with Gasteiger partial charge in [-0.1, -0.05) is 6.92 Å². The average molecular weight is 187 g/mol. The Hall–Kier alpha value is -0.730. The molecule has 2 nitrogen and oxygen atoms in total. The summed E-state index contributed by atoms with van der Waals surface area (Å²) in [4.78, 5) is 2.09. The Morgan fingerprint density at radius 2 is 2.15 bits per heavy atom. The van der Waals surface area contributed by atoms with Crippen molar-refractivity contribution in [3.8, 4) is 0 Å². The molecular weight excluding hydrogens is 169 g/mol. The molecule has 1 rings (SSSR count). The van der Waals surface area contributed by atoms with Gasteiger partial charge in [0.1, 0.15) is 13.3 Å². The summed E-state index contributed by atoms with van der Waals surface area (Å²) in [5.41, 5.74) is 0. The van der Waals surface area contributed by atoms with Gasteiger partial charge in [-0.05, 0) is 25.3 Å². The molecule has 1 heterocycles. The lowest BCUT2D eigenvalue weighted by Gasteiger charge is -2.32. The Morgan fingerprint density at radius 3 is 2.69 bits per heavy atom. The van der Waals surface area contributed by atoms with Crippen LogP contribution in [0.25, 0.3) is 0 Å². The summed E-state index contributed by atoms with van der Waals surface area (Å²) in [6.45, 7) is 7.70. The van der Waals surface area contributed by atoms with E-state index in [1.807, 2.05) is 0 Å². The highest BCUT2D eigenvalue weighted by Gasteiger charge is 2.17. The van der Waals surface area contributed by atoms with E-state index in [-0.39, 0.29) is 6.61 Å². The number of hydrogen-bond donors (Lipinski definition) is 0. The predicted molar refractivity (Wildman–Crippen MR) is 51.0 cm³/mol. The molecule has 3 heteroatoms. The Labute approximate surface area is 79.4 Å². The topological polar surface area (TPSA) is 12.5 Å². The van der Waals surface area contributed by atoms with Crippen LogP contribution >= 0.6 is 0 Å². The van der Waals surface area contributed by atoms with Gasteiger partial charge in [0.05, 0.1) is 0 Å². The quantitative estimate of drug-likeness (QED) is 0.625. The van der Waals surface area contributed by atoms with E-state index >= 15 is 0 Å². The first kappa shape index (κ1) is 10.4. The molecule has 0 aromatic carbocycles. The summed E-state index contributed by atoms with van der Waals surface area (Å²) in [5, 5.41) is 0. The molecule has 0 aromatic heterocycles. The van der Waals surface area contributed by atoms with E-state index in [9.17, 15) is 4.39 Å². The fraction of sp³-hybridized carbons (Fsp3) is 0.800. The van der Waals surface area contributed by atoms with Gasteiger partial charge < -0.3 is 9.64 Å². The van der Waals surface area contributed by atoms with Crippen molar-refractivity contribution in [2.75, 3.05) is 26.4 Å². The van der Waals surface area contributed by atoms with Gasteiger partial charge in [0, 0.05) is 13.1 Å². The lowest BCUT2D eigenvalue weighted by Crippen LogP contribution is -2.33. The van der Waals surface area contributed by atoms with Crippen LogP contribution in [0.2, 0.25) is 0 Å². The number of likely N-dealkylation sites (tertiary alicyclic amines) is 1. The molecule has 1 aliphatic heterocycles. The van der Waals surface area contributed by atoms with Gasteiger partial charge in [0.25, 0.3) is 0 Å². The Bertz CT molecular complexity index is 164. The van der Waals surface area contributed by atoms with Crippen molar-refractivity contribution in [3.05, 3.63) is 12.5 Å². The van der Waals surface area contributed by atoms with E-state index in [0.717, 1.165) is 19.0 Å². The maximum absolute atomic E-state index is 11.8. The fourth-order valence-electron chi connectivity index (χ4n) is 1.51. The zero-order valence-electron chi connectivity index (χ0n) is 8.26. The van der Waals surface area contributed by atoms with Crippen LogP contribution in [0.3, 0.4) is 0 Å². The van der Waals surface area contributed by atoms with Crippen molar-refractivity contribution in [1.82, 2.24) is 4.90 Å². The van der Waals surface area contributed by atoms with Crippen LogP contribution in [0, 0.1) is 5.92 Å². The smallest absolute Gasteiger partial charge is 0.181 e. The predicted octanol–water partition coefficient (Wildman–Crippen LogP) is 2.18. The molecular formula is C10H18FNO. The maximum atomic E-state index is 11.8. The second-order valence-electron chi connectivity index (χ2n) is 3.60. The number of halogens is 1. The molecule has 0 bridgehead atoms. The summed E-state index contributed by atoms with van der Waals surface area (Å²) >= 11 is 0. The Balaban J connectivity index is 2.23. The highest BCUT2D eigenvalue weighted by Crippen LogP contribution is 2.19. The third kappa shape index (κ3) is 3.25. The molecule has 1 aliphatic rings. The van der Waals surface area contributed by atoms with Gasteiger partial charge in [0.2, 0.25) is 0 Å². The lowest BCUT2D eigenvalue weighted by atomic mass is 10.00. The maximum Gasteiger partial charge on any atom is 0.181 e. The van der Waals surface area contributed by atoms with E-state index in [2.05, 4.69) is 18.4 Å². The van der Waals surface area contributed by atoms with Crippen molar-refractivity contribution in [2.24, 2.45) is 5.92 Å². The molecule has 0 radical (unpaired) electrons. The highest BCUT2D eigenvalue weighted by atomic mass is 19.1. The summed E-state index contributed by atoms with van der Waals surface area (Å²) in [7, 11) is 0. The number of rotatable bonds is 4. The normalized spacial score (nSPS) is 18.8. The lowest BCUT2D eigenvalue weighted by molar-refractivity contribution is 0.0835. The first-order chi connectivity index (χ1) is 6.24. The standard InChI is InChI=1S/C10H18FNO/c1-9-3-6-12(7-4-9)10(2)13-8-5-11/h9H,2-8H2,1H3. The molecule has 1 saturated heterocycles. The van der Waals surface area contributed by atoms with Gasteiger partial charge in [-0.2, -0.15) is 0 Å². The van der Waals surface area contributed by atoms with Crippen LogP contribution in [0.15, 0.2) is 12.5 Å². The van der Waals surface area contributed by atoms with Crippen LogP contribution in [0.5, 0.6) is 0 Å². The SMILES string of the molecule is C=C(OCCF)N1CCC(C)CC1. The van der Waals surface area contributed by atoms with Crippen molar-refractivity contribution in [3.63, 3.8) is 0 Å². The molecule has 0 amide bonds. The van der Waals surface area contributed by atoms with Crippen molar-refractivity contribution < 1.29 is 9.13 Å². The van der Waals surface area contributed by atoms with Crippen LogP contribution in [0.4, 0.5) is 4.39 Å². The largest absolute Gasteiger partial charge is 0.477 e. The van der Waals surface area contributed by atoms with Gasteiger partial charge in [0.15, 0.2) is 5.88 Å². The van der Waals surface area contributed by atoms with E-state index in [4.69, 9.17) is 4.74 Å². The minimum atomic E-state index is -0.441. The molecule has 0 spiro atoms. The molecule has 0 saturated carbocycles. The second kappa shape index (κ2) is 5.10. The molecule has 0 N–H and O–H groups in total. The second-order valence-corrected chi connectivity index (χ2v) is 3.60. The number of hydrogen-bond acceptors (Lipinski definition) is 2. The van der Waals surface area contributed by atoms with Crippen LogP contribution in [-0.4, -0.2) is 31.3 Å². The number of alkyl halides is 1. The summed E-state index contributed by atoms with van der Waals surface area (Å²) < 4.78 is 16.9. The molecule has 0 aliphatic carbocycles. The molecule has 0 unspecified atom stereocenters. The van der Waals surface area contributed by atoms with Gasteiger partial charge in [-0.3, -0.25) is 0 Å². The van der Waals surface area contributed by atoms with E-state index in [1.165, 1.54) is 12.8 Å². The zero-order chi connectivity index (χ0) is 9.68. The highest BCUT2D eigenvalue weighted by molar-refractivity contribution is 4.86. The third-order valence-electron chi connectivity index (χ3n) is 2.48. The van der Waals surface area contributed by atoms with Gasteiger partial charge >= 0.3 is 0 Å². The van der Waals surface area contributed by atoms with Crippen molar-refractivity contribution in [2.45, 2.75) is 19.8 Å². The zero-order valence-corrected chi connectivity index (χ0v) is 8.26. The van der Waals surface area contributed by atoms with E-state index < -0.39 is 6.67 Å². The number of piperidine rings is 1. The molecule has 1 fully saturated rings. The van der Waals surface area contributed by atoms with E-state index in [1.54, 1.807) is 0 Å². The van der Waals surface area contributed by atoms with Gasteiger partial charge in [-0.25, -0.2) is 4.39 Å². The van der Waals surface area contributed by atoms with Crippen molar-refractivity contribution >= 4 is 0 Å². The van der Waals surface area contributed by atoms with Crippen LogP contribution in [0.1, 0.15) is 19.8 Å². The summed E-state index contributed by atoms with van der Waals surface area (Å²) in [5.74, 6) is 1.43. The molecule has 0 aromatic rings. The molecule has 13 heavy (non-hydrogen) atoms. The third-order valence-corrected chi connectivity index (χ3v) is 2.48. The summed E-state index contributed by atoms with van der Waals surface area (Å²) in [6, 6.07) is 0. The van der Waals surface area contributed by atoms with Crippen LogP contribution in [-0.2, 0) is 4.74 Å². The van der Waals surface area contributed by atoms with E-state index in [0.29, 0.717) is 5.88 Å². The fourth-order valence-corrected chi connectivity index (χ4v) is 1.51. The molecule has 76 valence electrons. The first-order valence-electron chi connectivity index (χ1n) is 4.86. The summed E-state index contributed by atoms with van der Waals surface area (Å²) in [6.07, 6.45) is 2.36. The molecule has 0 atom stereocenters. The van der Waals surface area contributed by atoms with Crippen LogP contribution < -0.4 is 0 Å². The Kier molecular flexibility index (Phi) is 4.06. The Morgan fingerprint density at radius 1 is 1.54 bits per heavy atom. The first-order valence-corrected chi connectivity index (χ1v) is 4.86. The number of ether oxygens (including phenoxy) is 1.